The lowest BCUT2D eigenvalue weighted by molar-refractivity contribution is -0.133. The van der Waals surface area contributed by atoms with E-state index in [-0.39, 0.29) is 11.9 Å². The second kappa shape index (κ2) is 5.83. The molecular weight excluding hydrogens is 214 g/mol. The van der Waals surface area contributed by atoms with E-state index < -0.39 is 0 Å². The van der Waals surface area contributed by atoms with Gasteiger partial charge in [-0.1, -0.05) is 6.42 Å². The number of piperidine rings is 1. The van der Waals surface area contributed by atoms with E-state index in [1.54, 1.807) is 0 Å². The Bertz CT molecular complexity index is 263. The van der Waals surface area contributed by atoms with Crippen molar-refractivity contribution in [2.45, 2.75) is 44.2 Å². The number of likely N-dealkylation sites (N-methyl/N-ethyl adjacent to an activating group) is 2. The maximum atomic E-state index is 12.2. The number of likely N-dealkylation sites (tertiary alicyclic amines) is 1. The van der Waals surface area contributed by atoms with Crippen LogP contribution in [0.15, 0.2) is 0 Å². The minimum Gasteiger partial charge on any atom is -0.343 e. The Hall–Kier alpha value is -0.610. The molecule has 2 aliphatic heterocycles. The van der Waals surface area contributed by atoms with Crippen LogP contribution in [-0.4, -0.2) is 61.5 Å². The summed E-state index contributed by atoms with van der Waals surface area (Å²) in [4.78, 5) is 16.5. The van der Waals surface area contributed by atoms with Gasteiger partial charge in [-0.3, -0.25) is 4.79 Å². The normalized spacial score (nSPS) is 30.5. The molecule has 0 radical (unpaired) electrons. The number of amides is 1. The van der Waals surface area contributed by atoms with Crippen LogP contribution in [-0.2, 0) is 4.79 Å². The molecular formula is C13H25N3O. The zero-order valence-corrected chi connectivity index (χ0v) is 11.1. The molecule has 0 aromatic carbocycles. The Morgan fingerprint density at radius 1 is 1.35 bits per heavy atom. The quantitative estimate of drug-likeness (QED) is 0.787. The van der Waals surface area contributed by atoms with Crippen molar-refractivity contribution in [1.29, 1.82) is 0 Å². The molecule has 0 bridgehead atoms. The molecule has 2 aliphatic rings. The summed E-state index contributed by atoms with van der Waals surface area (Å²) in [5, 5.41) is 3.33. The molecule has 0 saturated carbocycles. The molecule has 17 heavy (non-hydrogen) atoms. The molecule has 2 atom stereocenters. The SMILES string of the molecule is CN(CC1CCCN1C)C(=O)C1CCCCN1. The van der Waals surface area contributed by atoms with Crippen molar-refractivity contribution in [3.63, 3.8) is 0 Å². The lowest BCUT2D eigenvalue weighted by Crippen LogP contribution is -2.50. The smallest absolute Gasteiger partial charge is 0.239 e. The van der Waals surface area contributed by atoms with Crippen molar-refractivity contribution in [3.05, 3.63) is 0 Å². The van der Waals surface area contributed by atoms with Crippen molar-refractivity contribution in [1.82, 2.24) is 15.1 Å². The maximum absolute atomic E-state index is 12.2. The molecule has 1 N–H and O–H groups in total. The van der Waals surface area contributed by atoms with E-state index in [0.29, 0.717) is 6.04 Å². The second-order valence-electron chi connectivity index (χ2n) is 5.50. The number of nitrogens with one attached hydrogen (secondary N) is 1. The lowest BCUT2D eigenvalue weighted by atomic mass is 10.0. The average molecular weight is 239 g/mol. The van der Waals surface area contributed by atoms with Crippen molar-refractivity contribution >= 4 is 5.91 Å². The third kappa shape index (κ3) is 3.19. The van der Waals surface area contributed by atoms with Gasteiger partial charge in [0, 0.05) is 19.6 Å². The topological polar surface area (TPSA) is 35.6 Å². The van der Waals surface area contributed by atoms with Gasteiger partial charge in [0.15, 0.2) is 0 Å². The highest BCUT2D eigenvalue weighted by Gasteiger charge is 2.27. The number of hydrogen-bond acceptors (Lipinski definition) is 3. The summed E-state index contributed by atoms with van der Waals surface area (Å²) < 4.78 is 0. The summed E-state index contributed by atoms with van der Waals surface area (Å²) in [5.41, 5.74) is 0. The highest BCUT2D eigenvalue weighted by Crippen LogP contribution is 2.16. The summed E-state index contributed by atoms with van der Waals surface area (Å²) in [6, 6.07) is 0.632. The molecule has 2 fully saturated rings. The molecule has 0 aromatic heterocycles. The molecule has 98 valence electrons. The van der Waals surface area contributed by atoms with E-state index in [1.165, 1.54) is 32.2 Å². The first-order chi connectivity index (χ1) is 8.18. The Labute approximate surface area is 104 Å². The molecule has 4 nitrogen and oxygen atoms in total. The number of nitrogens with zero attached hydrogens (tertiary/aromatic N) is 2. The van der Waals surface area contributed by atoms with Gasteiger partial charge in [-0.05, 0) is 45.8 Å². The van der Waals surface area contributed by atoms with Crippen molar-refractivity contribution in [2.75, 3.05) is 33.7 Å². The summed E-state index contributed by atoms with van der Waals surface area (Å²) in [6.07, 6.45) is 5.89. The van der Waals surface area contributed by atoms with Crippen molar-refractivity contribution in [3.8, 4) is 0 Å². The molecule has 0 spiro atoms. The van der Waals surface area contributed by atoms with Crippen LogP contribution in [0, 0.1) is 0 Å². The van der Waals surface area contributed by atoms with Crippen LogP contribution < -0.4 is 5.32 Å². The van der Waals surface area contributed by atoms with Gasteiger partial charge in [0.25, 0.3) is 0 Å². The molecule has 2 saturated heterocycles. The van der Waals surface area contributed by atoms with Crippen LogP contribution in [0.1, 0.15) is 32.1 Å². The van der Waals surface area contributed by atoms with E-state index >= 15 is 0 Å². The lowest BCUT2D eigenvalue weighted by Gasteiger charge is -2.30. The van der Waals surface area contributed by atoms with Crippen LogP contribution >= 0.6 is 0 Å². The van der Waals surface area contributed by atoms with Gasteiger partial charge in [-0.2, -0.15) is 0 Å². The van der Waals surface area contributed by atoms with Gasteiger partial charge in [0.1, 0.15) is 0 Å². The Morgan fingerprint density at radius 2 is 2.18 bits per heavy atom. The van der Waals surface area contributed by atoms with Crippen LogP contribution in [0.5, 0.6) is 0 Å². The third-order valence-electron chi connectivity index (χ3n) is 4.14. The largest absolute Gasteiger partial charge is 0.343 e. The van der Waals surface area contributed by atoms with Gasteiger partial charge in [0.05, 0.1) is 6.04 Å². The molecule has 2 rings (SSSR count). The number of rotatable bonds is 3. The van der Waals surface area contributed by atoms with Crippen LogP contribution in [0.25, 0.3) is 0 Å². The fraction of sp³-hybridized carbons (Fsp3) is 0.923. The molecule has 0 aliphatic carbocycles. The van der Waals surface area contributed by atoms with Gasteiger partial charge in [0.2, 0.25) is 5.91 Å². The summed E-state index contributed by atoms with van der Waals surface area (Å²) in [5.74, 6) is 0.282. The average Bonchev–Trinajstić information content (AvgIpc) is 2.75. The zero-order chi connectivity index (χ0) is 12.3. The first kappa shape index (κ1) is 12.8. The first-order valence-electron chi connectivity index (χ1n) is 6.87. The molecule has 1 amide bonds. The summed E-state index contributed by atoms with van der Waals surface area (Å²) >= 11 is 0. The standard InChI is InChI=1S/C13H25N3O/c1-15-9-5-6-11(15)10-16(2)13(17)12-7-3-4-8-14-12/h11-12,14H,3-10H2,1-2H3. The minimum absolute atomic E-state index is 0.0699. The van der Waals surface area contributed by atoms with Crippen LogP contribution in [0.4, 0.5) is 0 Å². The highest BCUT2D eigenvalue weighted by atomic mass is 16.2. The van der Waals surface area contributed by atoms with Crippen LogP contribution in [0.2, 0.25) is 0 Å². The predicted molar refractivity (Wildman–Crippen MR) is 68.9 cm³/mol. The fourth-order valence-corrected chi connectivity index (χ4v) is 2.94. The van der Waals surface area contributed by atoms with Gasteiger partial charge >= 0.3 is 0 Å². The van der Waals surface area contributed by atoms with Crippen LogP contribution in [0.3, 0.4) is 0 Å². The monoisotopic (exact) mass is 239 g/mol. The fourth-order valence-electron chi connectivity index (χ4n) is 2.94. The van der Waals surface area contributed by atoms with Gasteiger partial charge < -0.3 is 15.1 Å². The van der Waals surface area contributed by atoms with Gasteiger partial charge in [-0.15, -0.1) is 0 Å². The van der Waals surface area contributed by atoms with Crippen molar-refractivity contribution < 1.29 is 4.79 Å². The molecule has 2 heterocycles. The van der Waals surface area contributed by atoms with E-state index in [9.17, 15) is 4.79 Å². The van der Waals surface area contributed by atoms with E-state index in [4.69, 9.17) is 0 Å². The molecule has 2 unspecified atom stereocenters. The maximum Gasteiger partial charge on any atom is 0.239 e. The highest BCUT2D eigenvalue weighted by molar-refractivity contribution is 5.81. The molecule has 0 aromatic rings. The summed E-state index contributed by atoms with van der Waals surface area (Å²) in [7, 11) is 4.11. The Kier molecular flexibility index (Phi) is 4.40. The van der Waals surface area contributed by atoms with E-state index in [1.807, 2.05) is 11.9 Å². The first-order valence-corrected chi connectivity index (χ1v) is 6.87. The number of hydrogen-bond donors (Lipinski definition) is 1. The summed E-state index contributed by atoms with van der Waals surface area (Å²) in [6.45, 7) is 3.05. The van der Waals surface area contributed by atoms with Crippen molar-refractivity contribution in [2.24, 2.45) is 0 Å². The zero-order valence-electron chi connectivity index (χ0n) is 11.1. The Balaban J connectivity index is 1.81. The number of carbonyl (C=O) groups is 1. The Morgan fingerprint density at radius 3 is 2.76 bits per heavy atom. The number of carbonyl (C=O) groups excluding carboxylic acids is 1. The van der Waals surface area contributed by atoms with E-state index in [0.717, 1.165) is 19.5 Å². The third-order valence-corrected chi connectivity index (χ3v) is 4.14. The van der Waals surface area contributed by atoms with Gasteiger partial charge in [-0.25, -0.2) is 0 Å². The second-order valence-corrected chi connectivity index (χ2v) is 5.50. The predicted octanol–water partition coefficient (Wildman–Crippen LogP) is 0.681. The minimum atomic E-state index is 0.0699. The van der Waals surface area contributed by atoms with E-state index in [2.05, 4.69) is 17.3 Å². The molecule has 4 heteroatoms.